The fourth-order valence-electron chi connectivity index (χ4n) is 3.33. The van der Waals surface area contributed by atoms with Crippen LogP contribution in [0.3, 0.4) is 0 Å². The Morgan fingerprint density at radius 3 is 3.00 bits per heavy atom. The molecule has 3 heterocycles. The molecule has 5 rings (SSSR count). The van der Waals surface area contributed by atoms with Crippen molar-refractivity contribution in [2.45, 2.75) is 6.54 Å². The number of hydrogen-bond donors (Lipinski definition) is 1. The van der Waals surface area contributed by atoms with Gasteiger partial charge in [0.15, 0.2) is 5.82 Å². The maximum absolute atomic E-state index is 6.45. The van der Waals surface area contributed by atoms with Gasteiger partial charge in [0.2, 0.25) is 0 Å². The summed E-state index contributed by atoms with van der Waals surface area (Å²) in [5.74, 6) is 1.54. The number of fused-ring (bicyclic) bond motifs is 2. The largest absolute Gasteiger partial charge is 0.383 e. The van der Waals surface area contributed by atoms with Gasteiger partial charge in [-0.2, -0.15) is 0 Å². The van der Waals surface area contributed by atoms with Crippen molar-refractivity contribution in [3.05, 3.63) is 53.1 Å². The van der Waals surface area contributed by atoms with Crippen LogP contribution in [0.5, 0.6) is 0 Å². The van der Waals surface area contributed by atoms with E-state index in [1.165, 1.54) is 0 Å². The molecule has 0 aliphatic heterocycles. The van der Waals surface area contributed by atoms with Crippen LogP contribution < -0.4 is 0 Å². The van der Waals surface area contributed by atoms with E-state index in [2.05, 4.69) is 20.6 Å². The first-order valence-corrected chi connectivity index (χ1v) is 10.0. The second-order valence-corrected chi connectivity index (χ2v) is 7.65. The van der Waals surface area contributed by atoms with E-state index in [-0.39, 0.29) is 0 Å². The lowest BCUT2D eigenvalue weighted by molar-refractivity contribution is 0.188. The van der Waals surface area contributed by atoms with Crippen LogP contribution in [-0.2, 0) is 11.3 Å². The third-order valence-corrected chi connectivity index (χ3v) is 5.76. The third kappa shape index (κ3) is 2.88. The van der Waals surface area contributed by atoms with Crippen LogP contribution in [0.2, 0.25) is 5.02 Å². The second-order valence-electron chi connectivity index (χ2n) is 6.36. The monoisotopic (exact) mass is 409 g/mol. The van der Waals surface area contributed by atoms with E-state index in [0.29, 0.717) is 18.2 Å². The van der Waals surface area contributed by atoms with Gasteiger partial charge in [-0.15, -0.1) is 11.3 Å². The Morgan fingerprint density at radius 1 is 1.18 bits per heavy atom. The highest BCUT2D eigenvalue weighted by Gasteiger charge is 2.17. The number of rotatable bonds is 5. The summed E-state index contributed by atoms with van der Waals surface area (Å²) in [6, 6.07) is 11.9. The van der Waals surface area contributed by atoms with Gasteiger partial charge in [-0.3, -0.25) is 0 Å². The van der Waals surface area contributed by atoms with Crippen LogP contribution in [0.1, 0.15) is 0 Å². The summed E-state index contributed by atoms with van der Waals surface area (Å²) in [6.07, 6.45) is 1.87. The molecule has 0 aliphatic carbocycles. The van der Waals surface area contributed by atoms with Crippen molar-refractivity contribution in [2.24, 2.45) is 0 Å². The van der Waals surface area contributed by atoms with Crippen LogP contribution in [0.25, 0.3) is 44.2 Å². The highest BCUT2D eigenvalue weighted by molar-refractivity contribution is 7.16. The summed E-state index contributed by atoms with van der Waals surface area (Å²) in [4.78, 5) is 17.2. The van der Waals surface area contributed by atoms with E-state index >= 15 is 0 Å². The molecule has 0 unspecified atom stereocenters. The smallest absolute Gasteiger partial charge is 0.161 e. The average molecular weight is 410 g/mol. The molecule has 0 atom stereocenters. The van der Waals surface area contributed by atoms with Gasteiger partial charge in [-0.25, -0.2) is 15.0 Å². The predicted octanol–water partition coefficient (Wildman–Crippen LogP) is 5.00. The molecule has 6 nitrogen and oxygen atoms in total. The van der Waals surface area contributed by atoms with E-state index in [0.717, 1.165) is 44.2 Å². The molecule has 3 aromatic heterocycles. The number of methoxy groups -OCH3 is 1. The third-order valence-electron chi connectivity index (χ3n) is 4.65. The summed E-state index contributed by atoms with van der Waals surface area (Å²) in [5, 5.41) is 0.664. The quantitative estimate of drug-likeness (QED) is 0.443. The van der Waals surface area contributed by atoms with E-state index in [4.69, 9.17) is 26.3 Å². The van der Waals surface area contributed by atoms with Crippen molar-refractivity contribution in [1.82, 2.24) is 24.5 Å². The molecule has 0 spiro atoms. The molecule has 0 aliphatic rings. The number of H-pyrrole nitrogens is 1. The molecule has 0 fully saturated rings. The van der Waals surface area contributed by atoms with Gasteiger partial charge in [0.05, 0.1) is 38.4 Å². The normalized spacial score (nSPS) is 11.6. The van der Waals surface area contributed by atoms with Crippen molar-refractivity contribution in [2.75, 3.05) is 13.7 Å². The van der Waals surface area contributed by atoms with Crippen molar-refractivity contribution < 1.29 is 4.74 Å². The fraction of sp³-hybridized carbons (Fsp3) is 0.150. The zero-order valence-corrected chi connectivity index (χ0v) is 16.6. The lowest BCUT2D eigenvalue weighted by atomic mass is 10.2. The number of thiazole rings is 1. The second kappa shape index (κ2) is 7.01. The predicted molar refractivity (Wildman–Crippen MR) is 113 cm³/mol. The molecule has 0 saturated carbocycles. The molecule has 8 heteroatoms. The van der Waals surface area contributed by atoms with Gasteiger partial charge in [0.1, 0.15) is 11.5 Å². The maximum Gasteiger partial charge on any atom is 0.161 e. The Kier molecular flexibility index (Phi) is 4.35. The highest BCUT2D eigenvalue weighted by Crippen LogP contribution is 2.30. The van der Waals surface area contributed by atoms with Crippen molar-refractivity contribution in [3.8, 4) is 22.9 Å². The van der Waals surface area contributed by atoms with Crippen LogP contribution in [0, 0.1) is 0 Å². The molecular formula is C20H16ClN5OS. The van der Waals surface area contributed by atoms with Gasteiger partial charge < -0.3 is 14.3 Å². The van der Waals surface area contributed by atoms with Gasteiger partial charge >= 0.3 is 0 Å². The van der Waals surface area contributed by atoms with Crippen LogP contribution in [-0.4, -0.2) is 38.2 Å². The molecule has 28 heavy (non-hydrogen) atoms. The Bertz CT molecular complexity index is 1290. The molecule has 0 radical (unpaired) electrons. The first-order valence-electron chi connectivity index (χ1n) is 8.77. The number of halogens is 1. The number of aromatic amines is 1. The van der Waals surface area contributed by atoms with Crippen molar-refractivity contribution >= 4 is 44.2 Å². The number of aromatic nitrogens is 5. The molecule has 5 aromatic rings. The summed E-state index contributed by atoms with van der Waals surface area (Å²) < 4.78 is 8.50. The molecule has 0 bridgehead atoms. The van der Waals surface area contributed by atoms with Crippen LogP contribution >= 0.6 is 22.9 Å². The summed E-state index contributed by atoms with van der Waals surface area (Å²) >= 11 is 8.08. The average Bonchev–Trinajstić information content (AvgIpc) is 3.43. The van der Waals surface area contributed by atoms with Gasteiger partial charge in [-0.05, 0) is 30.3 Å². The number of imidazole rings is 2. The van der Waals surface area contributed by atoms with Crippen LogP contribution in [0.4, 0.5) is 0 Å². The molecule has 1 N–H and O–H groups in total. The number of nitrogens with zero attached hydrogens (tertiary/aromatic N) is 4. The molecule has 0 saturated heterocycles. The first-order chi connectivity index (χ1) is 13.7. The zero-order chi connectivity index (χ0) is 19.1. The fourth-order valence-corrected chi connectivity index (χ4v) is 4.26. The standard InChI is InChI=1S/C20H16ClN5OS/c1-27-8-7-26-18-13(21)3-2-4-14(18)25-20(26)16-10-22-19(24-16)12-5-6-17-15(9-12)23-11-28-17/h2-6,9-11H,7-8H2,1H3,(H,22,24). The minimum Gasteiger partial charge on any atom is -0.383 e. The lowest BCUT2D eigenvalue weighted by Gasteiger charge is -2.08. The minimum absolute atomic E-state index is 0.557. The maximum atomic E-state index is 6.45. The lowest BCUT2D eigenvalue weighted by Crippen LogP contribution is -2.06. The Balaban J connectivity index is 1.61. The number of ether oxygens (including phenoxy) is 1. The van der Waals surface area contributed by atoms with Crippen molar-refractivity contribution in [3.63, 3.8) is 0 Å². The zero-order valence-electron chi connectivity index (χ0n) is 15.0. The van der Waals surface area contributed by atoms with E-state index in [1.807, 2.05) is 42.0 Å². The summed E-state index contributed by atoms with van der Waals surface area (Å²) in [5.41, 5.74) is 6.31. The van der Waals surface area contributed by atoms with E-state index in [1.54, 1.807) is 18.4 Å². The number of nitrogens with one attached hydrogen (secondary N) is 1. The van der Waals surface area contributed by atoms with E-state index < -0.39 is 0 Å². The topological polar surface area (TPSA) is 68.6 Å². The Hall–Kier alpha value is -2.74. The minimum atomic E-state index is 0.557. The summed E-state index contributed by atoms with van der Waals surface area (Å²) in [6.45, 7) is 1.19. The molecule has 2 aromatic carbocycles. The van der Waals surface area contributed by atoms with Gasteiger partial charge in [0, 0.05) is 25.4 Å². The van der Waals surface area contributed by atoms with Gasteiger partial charge in [-0.1, -0.05) is 17.7 Å². The van der Waals surface area contributed by atoms with E-state index in [9.17, 15) is 0 Å². The Labute approximate surface area is 169 Å². The number of benzene rings is 2. The first kappa shape index (κ1) is 17.4. The van der Waals surface area contributed by atoms with Gasteiger partial charge in [0.25, 0.3) is 0 Å². The summed E-state index contributed by atoms with van der Waals surface area (Å²) in [7, 11) is 1.68. The molecule has 140 valence electrons. The highest BCUT2D eigenvalue weighted by atomic mass is 35.5. The Morgan fingerprint density at radius 2 is 2.11 bits per heavy atom. The number of hydrogen-bond acceptors (Lipinski definition) is 5. The molecule has 0 amide bonds. The van der Waals surface area contributed by atoms with Crippen molar-refractivity contribution in [1.29, 1.82) is 0 Å². The van der Waals surface area contributed by atoms with Crippen LogP contribution in [0.15, 0.2) is 48.1 Å². The SMILES string of the molecule is COCCn1c(-c2c[nH]c(-c3ccc4scnc4c3)n2)nc2cccc(Cl)c21. The number of para-hydroxylation sites is 1. The molecular weight excluding hydrogens is 394 g/mol.